The van der Waals surface area contributed by atoms with Crippen LogP contribution in [0, 0.1) is 48.4 Å². The molecule has 786 valence electrons. The number of nitrogens with zero attached hydrogens (tertiary/aromatic N) is 25. The van der Waals surface area contributed by atoms with Crippen molar-refractivity contribution in [1.82, 2.24) is 109 Å². The van der Waals surface area contributed by atoms with E-state index in [1.165, 1.54) is 45.9 Å². The van der Waals surface area contributed by atoms with Crippen molar-refractivity contribution in [2.24, 2.45) is 21.1 Å². The van der Waals surface area contributed by atoms with E-state index in [4.69, 9.17) is 75.8 Å². The zero-order chi connectivity index (χ0) is 104. The number of hydrogen-bond acceptors (Lipinski definition) is 34. The predicted octanol–water partition coefficient (Wildman–Crippen LogP) is 18.8. The fourth-order valence-electron chi connectivity index (χ4n) is 16.4. The number of non-ortho nitro benzene ring substituents is 2. The van der Waals surface area contributed by atoms with Gasteiger partial charge in [0.2, 0.25) is 17.8 Å². The van der Waals surface area contributed by atoms with Crippen molar-refractivity contribution in [2.45, 2.75) is 99.9 Å². The Balaban J connectivity index is 0.000000155. The van der Waals surface area contributed by atoms with Gasteiger partial charge in [-0.05, 0) is 168 Å². The quantitative estimate of drug-likeness (QED) is 0.0126. The number of ether oxygens (including phenoxy) is 6. The predicted molar refractivity (Wildman–Crippen MR) is 576 cm³/mol. The Bertz CT molecular complexity index is 8080. The van der Waals surface area contributed by atoms with Crippen LogP contribution in [0.2, 0.25) is 5.15 Å². The summed E-state index contributed by atoms with van der Waals surface area (Å²) in [4.78, 5) is 91.5. The summed E-state index contributed by atoms with van der Waals surface area (Å²) < 4.78 is 41.7. The molecule has 19 aromatic rings. The number of fused-ring (bicyclic) bond motifs is 8. The molecule has 0 saturated carbocycles. The van der Waals surface area contributed by atoms with E-state index in [-0.39, 0.29) is 51.6 Å². The number of aliphatic hydroxyl groups excluding tert-OH is 1. The molecule has 0 atom stereocenters. The van der Waals surface area contributed by atoms with E-state index < -0.39 is 44.9 Å². The second-order valence-electron chi connectivity index (χ2n) is 37.4. The van der Waals surface area contributed by atoms with Crippen molar-refractivity contribution in [3.8, 4) is 33.8 Å². The molecule has 44 nitrogen and oxygen atoms in total. The number of nitro benzene ring substituents is 2. The summed E-state index contributed by atoms with van der Waals surface area (Å²) in [6, 6.07) is 50.3. The minimum absolute atomic E-state index is 0. The number of aromatic nitrogens is 22. The van der Waals surface area contributed by atoms with E-state index in [2.05, 4.69) is 142 Å². The van der Waals surface area contributed by atoms with Crippen LogP contribution < -0.4 is 31.1 Å². The zero-order valence-corrected chi connectivity index (χ0v) is 88.7. The number of carbonyl (C=O) groups excluding carboxylic acids is 3. The second-order valence-corrected chi connectivity index (χ2v) is 37.8. The minimum Gasteiger partial charge on any atom is -0.442 e. The van der Waals surface area contributed by atoms with Gasteiger partial charge in [-0.15, -0.1) is 12.4 Å². The Morgan fingerprint density at radius 3 is 1.12 bits per heavy atom. The second kappa shape index (κ2) is 47.8. The maximum absolute atomic E-state index is 12.6. The molecule has 14 heterocycles. The third kappa shape index (κ3) is 26.9. The van der Waals surface area contributed by atoms with E-state index in [0.29, 0.717) is 96.1 Å². The molecule has 0 aliphatic carbocycles. The van der Waals surface area contributed by atoms with Crippen molar-refractivity contribution in [1.29, 1.82) is 0 Å². The molecular weight excluding hydrogens is 2060 g/mol. The number of nitrogens with two attached hydrogens (primary N) is 1. The van der Waals surface area contributed by atoms with E-state index in [0.717, 1.165) is 184 Å². The number of aryl methyl sites for hydroxylation is 6. The number of aromatic amines is 2. The van der Waals surface area contributed by atoms with Gasteiger partial charge in [-0.3, -0.25) is 44.5 Å². The number of morpholine rings is 3. The van der Waals surface area contributed by atoms with Gasteiger partial charge in [-0.2, -0.15) is 64.8 Å². The number of nitrogen functional groups attached to an aromatic ring is 1. The first-order valence-electron chi connectivity index (χ1n) is 47.0. The van der Waals surface area contributed by atoms with Crippen LogP contribution in [0.5, 0.6) is 0 Å². The molecule has 3 saturated heterocycles. The molecule has 3 aliphatic rings. The molecule has 150 heavy (non-hydrogen) atoms. The van der Waals surface area contributed by atoms with E-state index in [9.17, 15) is 34.6 Å². The smallest absolute Gasteiger partial charge is 0.435 e. The summed E-state index contributed by atoms with van der Waals surface area (Å²) in [6.45, 7) is 30.8. The number of rotatable bonds is 12. The van der Waals surface area contributed by atoms with Gasteiger partial charge in [0, 0.05) is 207 Å². The van der Waals surface area contributed by atoms with Crippen LogP contribution in [0.4, 0.5) is 72.3 Å². The number of carbonyl (C=O) groups is 3. The molecule has 47 heteroatoms. The molecule has 22 rings (SSSR count). The molecule has 7 N–H and O–H groups in total. The summed E-state index contributed by atoms with van der Waals surface area (Å²) >= 11 is 6.25. The molecular formula is C103H115Cl2N30O14Pd-. The number of aliphatic hydroxyl groups is 1. The number of benzene rings is 8. The molecule has 0 radical (unpaired) electrons. The Morgan fingerprint density at radius 1 is 0.413 bits per heavy atom. The number of H-pyrrole nitrogens is 2. The van der Waals surface area contributed by atoms with Crippen LogP contribution >= 0.6 is 24.0 Å². The summed E-state index contributed by atoms with van der Waals surface area (Å²) in [7, 11) is 6.87. The fourth-order valence-corrected chi connectivity index (χ4v) is 16.5. The topological polar surface area (TPSA) is 515 Å². The number of halogens is 2. The van der Waals surface area contributed by atoms with Crippen molar-refractivity contribution in [3.05, 3.63) is 245 Å². The summed E-state index contributed by atoms with van der Waals surface area (Å²) in [6.07, 6.45) is 6.40. The Kier molecular flexibility index (Phi) is 35.4. The molecule has 11 aromatic heterocycles. The molecule has 0 amide bonds. The van der Waals surface area contributed by atoms with E-state index in [1.807, 2.05) is 146 Å². The van der Waals surface area contributed by atoms with E-state index in [1.54, 1.807) is 69.7 Å². The van der Waals surface area contributed by atoms with Gasteiger partial charge in [-0.1, -0.05) is 48.0 Å². The van der Waals surface area contributed by atoms with Crippen LogP contribution in [0.3, 0.4) is 0 Å². The summed E-state index contributed by atoms with van der Waals surface area (Å²) in [5, 5.41) is 82.0. The maximum atomic E-state index is 12.6. The summed E-state index contributed by atoms with van der Waals surface area (Å²) in [5.41, 5.74) is 21.7. The van der Waals surface area contributed by atoms with Crippen molar-refractivity contribution >= 4 is 187 Å². The Labute approximate surface area is 885 Å². The number of nitro groups is 2. The third-order valence-corrected chi connectivity index (χ3v) is 23.4. The van der Waals surface area contributed by atoms with Gasteiger partial charge in [0.1, 0.15) is 33.6 Å². The van der Waals surface area contributed by atoms with Crippen LogP contribution in [-0.4, -0.2) is 245 Å². The fraction of sp³-hybridized carbons (Fsp3) is 0.301. The normalized spacial score (nSPS) is 13.0. The number of hydrogen-bond donors (Lipinski definition) is 6. The van der Waals surface area contributed by atoms with Crippen molar-refractivity contribution in [2.75, 3.05) is 117 Å². The van der Waals surface area contributed by atoms with E-state index >= 15 is 0 Å². The van der Waals surface area contributed by atoms with Gasteiger partial charge in [-0.25, -0.2) is 34.3 Å². The van der Waals surface area contributed by atoms with Crippen LogP contribution in [-0.2, 0) is 70.0 Å². The first-order chi connectivity index (χ1) is 70.3. The number of anilines is 8. The van der Waals surface area contributed by atoms with Gasteiger partial charge in [0.25, 0.3) is 11.4 Å². The standard InChI is InChI=1S/C29H32N8O3.C24H24N8O.C17H18ClN5O.C12H13N3O4.C12H15N3O2.C7H5N3O2.CH4O.CH3.ClH.Pd/c1-18-22-8-6-19(15-25(22)35(5)34-18)23-16-26(33-27(32-23)36-10-12-39-13-11-36)31-21-7-9-24-20(14-21)17-30-37(24)28(38)40-29(2,3)4;1-15-19-5-3-16(12-22(19)31(2)30-15)21-13-23(28-24(27-21)32-7-9-33-10-8-32)26-18-4-6-20-17(11-18)14-25-29-20;1-11-13-4-3-12(9-15(13)22(2)21-11)14-10-16(18)20-17(19-14)23-5-7-24-8-6-23;1-12(2,3)19-11(16)14-10-5-4-9(15(17)18)6-8(10)7-13-14;1-12(2,3)17-11(16)15-10-5-4-9(13)6-8(10)7-14-15;11-10(12)6-1-2-7-5(3-6)4-8-9-7;1-2;;;/h6-9,14-17H,10-13H2,1-5H3,(H,31,32,33);3-6,11-14H,7-10H2,1-2H3,(H,25,29)(H,26,27,28);3-4,9-10H,5-8H2,1-2H3;4-7H,1-3H3;4-7H,13H2,1-3H3;1-4H,(H,8,9);2H,1H3;1H3;1H;/q;;;;;;;-1;;. The largest absolute Gasteiger partial charge is 0.442 e. The third-order valence-electron chi connectivity index (χ3n) is 23.2. The molecule has 3 fully saturated rings. The van der Waals surface area contributed by atoms with Crippen molar-refractivity contribution in [3.63, 3.8) is 0 Å². The first-order valence-corrected chi connectivity index (χ1v) is 47.3. The van der Waals surface area contributed by atoms with Crippen LogP contribution in [0.1, 0.15) is 79.4 Å². The molecule has 0 spiro atoms. The van der Waals surface area contributed by atoms with Crippen LogP contribution in [0.25, 0.3) is 121 Å². The van der Waals surface area contributed by atoms with Gasteiger partial charge in [0.05, 0.1) is 159 Å². The van der Waals surface area contributed by atoms with Gasteiger partial charge in [0.15, 0.2) is 0 Å². The average molecular weight is 2170 g/mol. The molecule has 0 unspecified atom stereocenters. The molecule has 3 aliphatic heterocycles. The van der Waals surface area contributed by atoms with Crippen LogP contribution in [0.15, 0.2) is 195 Å². The monoisotopic (exact) mass is 2170 g/mol. The number of nitrogens with one attached hydrogen (secondary N) is 4. The van der Waals surface area contributed by atoms with Crippen molar-refractivity contribution < 1.29 is 78.2 Å². The minimum atomic E-state index is -0.629. The molecule has 0 bridgehead atoms. The molecule has 8 aromatic carbocycles. The van der Waals surface area contributed by atoms with Gasteiger partial charge < -0.3 is 72.0 Å². The SMILES string of the molecule is CC(C)(C)OC(=O)n1ncc2cc(N)ccc21.CC(C)(C)OC(=O)n1ncc2cc([N+](=O)[O-])ccc21.CO.Cc1nn(C)c2cc(-c3cc(Cl)nc(N4CCOCC4)n3)ccc12.Cc1nn(C)c2cc(-c3cc(Nc4ccc5[nH]ncc5c4)nc(N4CCOCC4)n3)ccc12.Cc1nn(C)c2cc(-c3cc(Nc4ccc5c(cnn5C(=O)OC(C)(C)C)c4)nc(N4CCOCC4)n3)ccc12.Cl.O=[N+]([O-])c1ccc2[nH]ncc2c1.[CH3-].[Pd]. The summed E-state index contributed by atoms with van der Waals surface area (Å²) in [5.74, 6) is 3.40. The maximum Gasteiger partial charge on any atom is 0.435 e. The van der Waals surface area contributed by atoms with Gasteiger partial charge >= 0.3 is 18.3 Å². The average Bonchev–Trinajstić information content (AvgIpc) is 1.62. The zero-order valence-electron chi connectivity index (χ0n) is 85.6. The Hall–Kier alpha value is -16.1. The Morgan fingerprint density at radius 2 is 0.733 bits per heavy atom. The first kappa shape index (κ1) is 111.